The van der Waals surface area contributed by atoms with Crippen molar-refractivity contribution in [3.8, 4) is 0 Å². The number of rotatable bonds is 6. The highest BCUT2D eigenvalue weighted by Gasteiger charge is 2.34. The molecule has 3 rings (SSSR count). The van der Waals surface area contributed by atoms with E-state index in [0.29, 0.717) is 22.9 Å². The van der Waals surface area contributed by atoms with Gasteiger partial charge < -0.3 is 4.90 Å². The smallest absolute Gasteiger partial charge is 0.233 e. The van der Waals surface area contributed by atoms with Crippen LogP contribution in [-0.2, 0) is 4.79 Å². The Kier molecular flexibility index (Phi) is 5.33. The van der Waals surface area contributed by atoms with Gasteiger partial charge in [-0.25, -0.2) is 4.98 Å². The van der Waals surface area contributed by atoms with E-state index in [2.05, 4.69) is 51.3 Å². The van der Waals surface area contributed by atoms with E-state index >= 15 is 0 Å². The summed E-state index contributed by atoms with van der Waals surface area (Å²) in [5.41, 5.74) is 1.34. The molecule has 0 bridgehead atoms. The maximum Gasteiger partial charge on any atom is 0.233 e. The molecular formula is C17H22N4OS. The normalized spacial score (nSPS) is 19.0. The minimum atomic E-state index is 0.197. The van der Waals surface area contributed by atoms with Gasteiger partial charge in [-0.3, -0.25) is 9.89 Å². The van der Waals surface area contributed by atoms with Gasteiger partial charge in [-0.2, -0.15) is 5.10 Å². The third kappa shape index (κ3) is 3.75. The number of carbonyl (C=O) groups excluding carboxylic acids is 1. The van der Waals surface area contributed by atoms with Crippen LogP contribution in [0.15, 0.2) is 41.8 Å². The average molecular weight is 330 g/mol. The van der Waals surface area contributed by atoms with Crippen LogP contribution in [0.5, 0.6) is 0 Å². The summed E-state index contributed by atoms with van der Waals surface area (Å²) in [4.78, 5) is 18.8. The number of hydrogen-bond acceptors (Lipinski definition) is 4. The molecule has 1 amide bonds. The van der Waals surface area contributed by atoms with Crippen LogP contribution in [0.1, 0.15) is 37.7 Å². The molecule has 122 valence electrons. The number of amides is 1. The molecule has 6 heteroatoms. The maximum absolute atomic E-state index is 12.6. The van der Waals surface area contributed by atoms with E-state index in [1.54, 1.807) is 0 Å². The van der Waals surface area contributed by atoms with Gasteiger partial charge in [-0.05, 0) is 24.8 Å². The van der Waals surface area contributed by atoms with E-state index in [1.807, 2.05) is 6.07 Å². The van der Waals surface area contributed by atoms with Crippen molar-refractivity contribution in [3.05, 3.63) is 42.2 Å². The summed E-state index contributed by atoms with van der Waals surface area (Å²) in [5, 5.41) is 7.30. The number of likely N-dealkylation sites (tertiary alicyclic amines) is 1. The molecule has 0 saturated carbocycles. The molecule has 1 fully saturated rings. The highest BCUT2D eigenvalue weighted by Crippen LogP contribution is 2.34. The van der Waals surface area contributed by atoms with Crippen LogP contribution in [0, 0.1) is 0 Å². The number of thioether (sulfide) groups is 1. The zero-order valence-corrected chi connectivity index (χ0v) is 14.1. The molecule has 2 heterocycles. The lowest BCUT2D eigenvalue weighted by molar-refractivity contribution is -0.129. The topological polar surface area (TPSA) is 61.9 Å². The SMILES string of the molecule is CC[C@@H](c1ccccc1)[C@H]1CCCN1C(=O)CSc1ncn[nH]1. The summed E-state index contributed by atoms with van der Waals surface area (Å²) in [5.74, 6) is 1.03. The summed E-state index contributed by atoms with van der Waals surface area (Å²) in [6.07, 6.45) is 4.69. The molecule has 23 heavy (non-hydrogen) atoms. The van der Waals surface area contributed by atoms with Crippen LogP contribution in [-0.4, -0.2) is 44.3 Å². The molecular weight excluding hydrogens is 308 g/mol. The predicted octanol–water partition coefficient (Wildman–Crippen LogP) is 3.08. The molecule has 1 aliphatic rings. The van der Waals surface area contributed by atoms with Gasteiger partial charge in [0.15, 0.2) is 5.16 Å². The Morgan fingerprint density at radius 3 is 2.96 bits per heavy atom. The van der Waals surface area contributed by atoms with Gasteiger partial charge in [0.1, 0.15) is 6.33 Å². The second kappa shape index (κ2) is 7.64. The van der Waals surface area contributed by atoms with Crippen LogP contribution >= 0.6 is 11.8 Å². The first-order valence-electron chi connectivity index (χ1n) is 8.12. The van der Waals surface area contributed by atoms with Gasteiger partial charge in [0.2, 0.25) is 5.91 Å². The minimum Gasteiger partial charge on any atom is -0.338 e. The number of aromatic amines is 1. The fourth-order valence-electron chi connectivity index (χ4n) is 3.43. The van der Waals surface area contributed by atoms with E-state index in [-0.39, 0.29) is 5.91 Å². The average Bonchev–Trinajstić information content (AvgIpc) is 3.26. The van der Waals surface area contributed by atoms with Gasteiger partial charge >= 0.3 is 0 Å². The van der Waals surface area contributed by atoms with E-state index in [4.69, 9.17) is 0 Å². The van der Waals surface area contributed by atoms with E-state index in [9.17, 15) is 4.79 Å². The lowest BCUT2D eigenvalue weighted by Crippen LogP contribution is -2.40. The van der Waals surface area contributed by atoms with Crippen LogP contribution in [0.2, 0.25) is 0 Å². The molecule has 0 radical (unpaired) electrons. The van der Waals surface area contributed by atoms with Crippen molar-refractivity contribution >= 4 is 17.7 Å². The highest BCUT2D eigenvalue weighted by atomic mass is 32.2. The standard InChI is InChI=1S/C17H22N4OS/c1-2-14(13-7-4-3-5-8-13)15-9-6-10-21(15)16(22)11-23-17-18-12-19-20-17/h3-5,7-8,12,14-15H,2,6,9-11H2,1H3,(H,18,19,20)/t14-,15+/m0/s1. The van der Waals surface area contributed by atoms with Gasteiger partial charge in [0.05, 0.1) is 5.75 Å². The first-order chi connectivity index (χ1) is 11.3. The molecule has 1 N–H and O–H groups in total. The number of carbonyl (C=O) groups is 1. The summed E-state index contributed by atoms with van der Waals surface area (Å²) in [6.45, 7) is 3.08. The zero-order chi connectivity index (χ0) is 16.1. The van der Waals surface area contributed by atoms with Crippen molar-refractivity contribution < 1.29 is 4.79 Å². The van der Waals surface area contributed by atoms with E-state index in [1.165, 1.54) is 23.7 Å². The number of nitrogens with zero attached hydrogens (tertiary/aromatic N) is 3. The first-order valence-corrected chi connectivity index (χ1v) is 9.10. The molecule has 1 aromatic heterocycles. The zero-order valence-electron chi connectivity index (χ0n) is 13.3. The Labute approximate surface area is 140 Å². The van der Waals surface area contributed by atoms with Crippen molar-refractivity contribution in [2.45, 2.75) is 43.3 Å². The number of hydrogen-bond donors (Lipinski definition) is 1. The molecule has 2 atom stereocenters. The highest BCUT2D eigenvalue weighted by molar-refractivity contribution is 7.99. The Morgan fingerprint density at radius 1 is 1.43 bits per heavy atom. The summed E-state index contributed by atoms with van der Waals surface area (Å²) < 4.78 is 0. The Hall–Kier alpha value is -1.82. The van der Waals surface area contributed by atoms with E-state index < -0.39 is 0 Å². The quantitative estimate of drug-likeness (QED) is 0.827. The summed E-state index contributed by atoms with van der Waals surface area (Å²) in [6, 6.07) is 10.9. The Bertz CT molecular complexity index is 617. The van der Waals surface area contributed by atoms with Gasteiger partial charge in [-0.1, -0.05) is 49.0 Å². The van der Waals surface area contributed by atoms with E-state index in [0.717, 1.165) is 25.8 Å². The number of H-pyrrole nitrogens is 1. The number of aromatic nitrogens is 3. The third-order valence-electron chi connectivity index (χ3n) is 4.48. The molecule has 0 aliphatic carbocycles. The van der Waals surface area contributed by atoms with Crippen molar-refractivity contribution in [1.82, 2.24) is 20.1 Å². The summed E-state index contributed by atoms with van der Waals surface area (Å²) >= 11 is 1.42. The van der Waals surface area contributed by atoms with Gasteiger partial charge in [0.25, 0.3) is 0 Å². The third-order valence-corrected chi connectivity index (χ3v) is 5.34. The van der Waals surface area contributed by atoms with Crippen LogP contribution in [0.4, 0.5) is 0 Å². The van der Waals surface area contributed by atoms with Crippen molar-refractivity contribution in [3.63, 3.8) is 0 Å². The predicted molar refractivity (Wildman–Crippen MR) is 91.3 cm³/mol. The molecule has 1 aliphatic heterocycles. The molecule has 0 spiro atoms. The summed E-state index contributed by atoms with van der Waals surface area (Å²) in [7, 11) is 0. The Morgan fingerprint density at radius 2 is 2.26 bits per heavy atom. The van der Waals surface area contributed by atoms with Crippen molar-refractivity contribution in [2.24, 2.45) is 0 Å². The Balaban J connectivity index is 1.67. The largest absolute Gasteiger partial charge is 0.338 e. The lowest BCUT2D eigenvalue weighted by atomic mass is 9.87. The van der Waals surface area contributed by atoms with Crippen molar-refractivity contribution in [2.75, 3.05) is 12.3 Å². The molecule has 1 saturated heterocycles. The molecule has 2 aromatic rings. The first kappa shape index (κ1) is 16.1. The molecule has 0 unspecified atom stereocenters. The van der Waals surface area contributed by atoms with Crippen LogP contribution < -0.4 is 0 Å². The number of benzene rings is 1. The second-order valence-corrected chi connectivity index (χ2v) is 6.77. The fourth-order valence-corrected chi connectivity index (χ4v) is 4.09. The van der Waals surface area contributed by atoms with Gasteiger partial charge in [0, 0.05) is 18.5 Å². The second-order valence-electron chi connectivity index (χ2n) is 5.80. The molecule has 1 aromatic carbocycles. The fraction of sp³-hybridized carbons (Fsp3) is 0.471. The monoisotopic (exact) mass is 330 g/mol. The van der Waals surface area contributed by atoms with Crippen LogP contribution in [0.25, 0.3) is 0 Å². The maximum atomic E-state index is 12.6. The lowest BCUT2D eigenvalue weighted by Gasteiger charge is -2.31. The van der Waals surface area contributed by atoms with Crippen molar-refractivity contribution in [1.29, 1.82) is 0 Å². The van der Waals surface area contributed by atoms with Gasteiger partial charge in [-0.15, -0.1) is 0 Å². The van der Waals surface area contributed by atoms with Crippen LogP contribution in [0.3, 0.4) is 0 Å². The minimum absolute atomic E-state index is 0.197. The number of nitrogens with one attached hydrogen (secondary N) is 1. The molecule has 5 nitrogen and oxygen atoms in total.